The van der Waals surface area contributed by atoms with E-state index < -0.39 is 0 Å². The molecule has 0 atom stereocenters. The molecule has 0 aliphatic carbocycles. The third kappa shape index (κ3) is 2.79. The Morgan fingerprint density at radius 1 is 1.28 bits per heavy atom. The molecule has 92 valence electrons. The van der Waals surface area contributed by atoms with Crippen LogP contribution in [0.2, 0.25) is 0 Å². The molecule has 0 saturated carbocycles. The number of hydrogen-bond acceptors (Lipinski definition) is 6. The van der Waals surface area contributed by atoms with Crippen LogP contribution in [0.1, 0.15) is 10.4 Å². The topological polar surface area (TPSA) is 106 Å². The number of aromatic nitrogens is 3. The lowest BCUT2D eigenvalue weighted by Crippen LogP contribution is -2.18. The molecule has 18 heavy (non-hydrogen) atoms. The summed E-state index contributed by atoms with van der Waals surface area (Å²) >= 11 is 3.24. The zero-order chi connectivity index (χ0) is 13.0. The molecule has 2 aromatic heterocycles. The van der Waals surface area contributed by atoms with E-state index in [0.29, 0.717) is 15.7 Å². The van der Waals surface area contributed by atoms with Gasteiger partial charge in [0, 0.05) is 10.7 Å². The fourth-order valence-electron chi connectivity index (χ4n) is 1.29. The number of nitrogens with one attached hydrogen (secondary N) is 2. The minimum Gasteiger partial charge on any atom is -0.319 e. The fourth-order valence-corrected chi connectivity index (χ4v) is 1.62. The van der Waals surface area contributed by atoms with Gasteiger partial charge in [0.05, 0.1) is 23.6 Å². The first kappa shape index (κ1) is 12.4. The summed E-state index contributed by atoms with van der Waals surface area (Å²) in [7, 11) is 0. The number of carbonyl (C=O) groups excluding carboxylic acids is 1. The average Bonchev–Trinajstić information content (AvgIpc) is 2.40. The Bertz CT molecular complexity index is 562. The van der Waals surface area contributed by atoms with Crippen LogP contribution in [0.5, 0.6) is 0 Å². The Morgan fingerprint density at radius 2 is 2.00 bits per heavy atom. The first-order chi connectivity index (χ1) is 8.70. The van der Waals surface area contributed by atoms with Crippen LogP contribution < -0.4 is 16.6 Å². The molecule has 0 saturated heterocycles. The predicted octanol–water partition coefficient (Wildman–Crippen LogP) is 1.17. The van der Waals surface area contributed by atoms with Crippen LogP contribution in [0.25, 0.3) is 0 Å². The van der Waals surface area contributed by atoms with Gasteiger partial charge in [-0.1, -0.05) is 0 Å². The van der Waals surface area contributed by atoms with Crippen molar-refractivity contribution in [2.75, 3.05) is 10.7 Å². The lowest BCUT2D eigenvalue weighted by atomic mass is 10.2. The zero-order valence-corrected chi connectivity index (χ0v) is 10.7. The lowest BCUT2D eigenvalue weighted by Gasteiger charge is -2.08. The Kier molecular flexibility index (Phi) is 3.80. The van der Waals surface area contributed by atoms with Gasteiger partial charge >= 0.3 is 0 Å². The number of carbonyl (C=O) groups is 1. The van der Waals surface area contributed by atoms with Crippen LogP contribution in [0.4, 0.5) is 11.5 Å². The van der Waals surface area contributed by atoms with E-state index >= 15 is 0 Å². The normalized spacial score (nSPS) is 9.89. The second-order valence-electron chi connectivity index (χ2n) is 3.28. The summed E-state index contributed by atoms with van der Waals surface area (Å²) in [6, 6.07) is 1.61. The number of amides is 1. The average molecular weight is 309 g/mol. The summed E-state index contributed by atoms with van der Waals surface area (Å²) < 4.78 is 0.677. The summed E-state index contributed by atoms with van der Waals surface area (Å²) in [4.78, 5) is 23.6. The van der Waals surface area contributed by atoms with Crippen molar-refractivity contribution >= 4 is 33.3 Å². The molecule has 0 bridgehead atoms. The molecular weight excluding hydrogens is 300 g/mol. The van der Waals surface area contributed by atoms with Crippen molar-refractivity contribution in [2.45, 2.75) is 0 Å². The SMILES string of the molecule is NNc1ncc(Br)cc1C(=O)Nc1cncnc1. The summed E-state index contributed by atoms with van der Waals surface area (Å²) in [5.41, 5.74) is 3.17. The zero-order valence-electron chi connectivity index (χ0n) is 9.09. The quantitative estimate of drug-likeness (QED) is 0.580. The maximum Gasteiger partial charge on any atom is 0.259 e. The van der Waals surface area contributed by atoms with E-state index in [1.807, 2.05) is 0 Å². The van der Waals surface area contributed by atoms with Crippen molar-refractivity contribution in [1.82, 2.24) is 15.0 Å². The number of hydrogen-bond donors (Lipinski definition) is 3. The number of nitrogen functional groups attached to an aromatic ring is 1. The van der Waals surface area contributed by atoms with Crippen molar-refractivity contribution in [1.29, 1.82) is 0 Å². The largest absolute Gasteiger partial charge is 0.319 e. The van der Waals surface area contributed by atoms with E-state index in [9.17, 15) is 4.79 Å². The molecular formula is C10H9BrN6O. The van der Waals surface area contributed by atoms with Gasteiger partial charge in [0.1, 0.15) is 6.33 Å². The molecule has 0 aliphatic rings. The van der Waals surface area contributed by atoms with Gasteiger partial charge in [0.15, 0.2) is 5.82 Å². The Labute approximate surface area is 111 Å². The summed E-state index contributed by atoms with van der Waals surface area (Å²) in [6.07, 6.45) is 5.90. The van der Waals surface area contributed by atoms with Crippen molar-refractivity contribution in [3.8, 4) is 0 Å². The van der Waals surface area contributed by atoms with Gasteiger partial charge in [-0.25, -0.2) is 20.8 Å². The summed E-state index contributed by atoms with van der Waals surface area (Å²) in [6.45, 7) is 0. The number of anilines is 2. The standard InChI is InChI=1S/C10H9BrN6O/c11-6-1-8(9(17-12)15-2-6)10(18)16-7-3-13-5-14-4-7/h1-5H,12H2,(H,15,17)(H,16,18). The van der Waals surface area contributed by atoms with E-state index in [1.165, 1.54) is 24.9 Å². The molecule has 0 aromatic carbocycles. The second-order valence-corrected chi connectivity index (χ2v) is 4.19. The van der Waals surface area contributed by atoms with Gasteiger partial charge in [0.2, 0.25) is 0 Å². The van der Waals surface area contributed by atoms with Gasteiger partial charge in [-0.15, -0.1) is 0 Å². The Balaban J connectivity index is 2.26. The number of pyridine rings is 1. The molecule has 0 aliphatic heterocycles. The van der Waals surface area contributed by atoms with Gasteiger partial charge in [0.25, 0.3) is 5.91 Å². The molecule has 0 radical (unpaired) electrons. The van der Waals surface area contributed by atoms with Crippen LogP contribution >= 0.6 is 15.9 Å². The first-order valence-corrected chi connectivity index (χ1v) is 5.68. The van der Waals surface area contributed by atoms with E-state index in [4.69, 9.17) is 5.84 Å². The van der Waals surface area contributed by atoms with E-state index in [-0.39, 0.29) is 11.7 Å². The smallest absolute Gasteiger partial charge is 0.259 e. The van der Waals surface area contributed by atoms with Crippen LogP contribution in [0.15, 0.2) is 35.5 Å². The Hall–Kier alpha value is -2.06. The molecule has 2 heterocycles. The highest BCUT2D eigenvalue weighted by atomic mass is 79.9. The second kappa shape index (κ2) is 5.52. The van der Waals surface area contributed by atoms with Crippen molar-refractivity contribution < 1.29 is 4.79 Å². The molecule has 8 heteroatoms. The van der Waals surface area contributed by atoms with Gasteiger partial charge < -0.3 is 10.7 Å². The third-order valence-electron chi connectivity index (χ3n) is 2.05. The highest BCUT2D eigenvalue weighted by Crippen LogP contribution is 2.18. The molecule has 2 rings (SSSR count). The molecule has 0 unspecified atom stereocenters. The maximum absolute atomic E-state index is 12.0. The molecule has 2 aromatic rings. The van der Waals surface area contributed by atoms with Crippen molar-refractivity contribution in [2.24, 2.45) is 5.84 Å². The van der Waals surface area contributed by atoms with Crippen LogP contribution in [0, 0.1) is 0 Å². The number of nitrogens with two attached hydrogens (primary N) is 1. The molecule has 1 amide bonds. The number of nitrogens with zero attached hydrogens (tertiary/aromatic N) is 3. The molecule has 0 fully saturated rings. The monoisotopic (exact) mass is 308 g/mol. The minimum absolute atomic E-state index is 0.285. The minimum atomic E-state index is -0.355. The Morgan fingerprint density at radius 3 is 2.67 bits per heavy atom. The predicted molar refractivity (Wildman–Crippen MR) is 69.7 cm³/mol. The first-order valence-electron chi connectivity index (χ1n) is 4.89. The van der Waals surface area contributed by atoms with Crippen LogP contribution in [-0.2, 0) is 0 Å². The molecule has 7 nitrogen and oxygen atoms in total. The molecule has 0 spiro atoms. The van der Waals surface area contributed by atoms with Crippen LogP contribution in [0.3, 0.4) is 0 Å². The maximum atomic E-state index is 12.0. The number of hydrazine groups is 1. The van der Waals surface area contributed by atoms with Crippen molar-refractivity contribution in [3.63, 3.8) is 0 Å². The van der Waals surface area contributed by atoms with E-state index in [0.717, 1.165) is 0 Å². The molecule has 4 N–H and O–H groups in total. The van der Waals surface area contributed by atoms with Gasteiger partial charge in [-0.2, -0.15) is 0 Å². The van der Waals surface area contributed by atoms with E-state index in [1.54, 1.807) is 6.07 Å². The van der Waals surface area contributed by atoms with Crippen LogP contribution in [-0.4, -0.2) is 20.9 Å². The number of halogens is 1. The van der Waals surface area contributed by atoms with Gasteiger partial charge in [-0.05, 0) is 22.0 Å². The van der Waals surface area contributed by atoms with Crippen molar-refractivity contribution in [3.05, 3.63) is 41.0 Å². The number of rotatable bonds is 3. The highest BCUT2D eigenvalue weighted by molar-refractivity contribution is 9.10. The van der Waals surface area contributed by atoms with Gasteiger partial charge in [-0.3, -0.25) is 4.79 Å². The summed E-state index contributed by atoms with van der Waals surface area (Å²) in [5, 5.41) is 2.64. The fraction of sp³-hybridized carbons (Fsp3) is 0. The highest BCUT2D eigenvalue weighted by Gasteiger charge is 2.13. The summed E-state index contributed by atoms with van der Waals surface area (Å²) in [5.74, 6) is 5.23. The lowest BCUT2D eigenvalue weighted by molar-refractivity contribution is 0.102. The third-order valence-corrected chi connectivity index (χ3v) is 2.49. The van der Waals surface area contributed by atoms with E-state index in [2.05, 4.69) is 41.6 Å².